The molecule has 1 atom stereocenters. The largest absolute Gasteiger partial charge is 0.507 e. The molecule has 1 aliphatic heterocycles. The highest BCUT2D eigenvalue weighted by atomic mass is 16.3. The SMILES string of the molecule is Cc1ccc(C2C(=C(O)c3ccccc3)C(=O)C(=O)N2CCCn2ccnc2)c(C)c1. The van der Waals surface area contributed by atoms with E-state index in [0.29, 0.717) is 25.1 Å². The van der Waals surface area contributed by atoms with E-state index in [2.05, 4.69) is 4.98 Å². The van der Waals surface area contributed by atoms with Crippen molar-refractivity contribution in [1.29, 1.82) is 0 Å². The Labute approximate surface area is 181 Å². The van der Waals surface area contributed by atoms with E-state index >= 15 is 0 Å². The van der Waals surface area contributed by atoms with E-state index < -0.39 is 17.7 Å². The smallest absolute Gasteiger partial charge is 0.295 e. The van der Waals surface area contributed by atoms with E-state index in [4.69, 9.17) is 0 Å². The van der Waals surface area contributed by atoms with Crippen LogP contribution in [0, 0.1) is 13.8 Å². The van der Waals surface area contributed by atoms with E-state index in [-0.39, 0.29) is 11.3 Å². The van der Waals surface area contributed by atoms with E-state index in [0.717, 1.165) is 16.7 Å². The Balaban J connectivity index is 1.76. The van der Waals surface area contributed by atoms with Gasteiger partial charge in [-0.1, -0.05) is 54.1 Å². The molecule has 0 radical (unpaired) electrons. The summed E-state index contributed by atoms with van der Waals surface area (Å²) in [5.74, 6) is -1.36. The molecule has 1 saturated heterocycles. The molecule has 1 amide bonds. The number of ketones is 1. The minimum atomic E-state index is -0.644. The van der Waals surface area contributed by atoms with Crippen LogP contribution in [-0.4, -0.2) is 37.8 Å². The highest BCUT2D eigenvalue weighted by Crippen LogP contribution is 2.40. The maximum atomic E-state index is 13.1. The zero-order chi connectivity index (χ0) is 22.0. The van der Waals surface area contributed by atoms with Crippen molar-refractivity contribution in [3.05, 3.63) is 95.1 Å². The summed E-state index contributed by atoms with van der Waals surface area (Å²) in [6, 6.07) is 14.2. The van der Waals surface area contributed by atoms with Crippen LogP contribution >= 0.6 is 0 Å². The van der Waals surface area contributed by atoms with Crippen LogP contribution in [0.2, 0.25) is 0 Å². The van der Waals surface area contributed by atoms with Crippen molar-refractivity contribution in [1.82, 2.24) is 14.5 Å². The standard InChI is InChI=1S/C25H25N3O3/c1-17-9-10-20(18(2)15-17)22-21(23(29)19-7-4-3-5-8-19)24(30)25(31)28(22)13-6-12-27-14-11-26-16-27/h3-5,7-11,14-16,22,29H,6,12-13H2,1-2H3. The number of nitrogens with zero attached hydrogens (tertiary/aromatic N) is 3. The van der Waals surface area contributed by atoms with Gasteiger partial charge in [0.2, 0.25) is 0 Å². The molecule has 6 nitrogen and oxygen atoms in total. The number of carbonyl (C=O) groups excluding carboxylic acids is 2. The molecule has 1 N–H and O–H groups in total. The number of imidazole rings is 1. The van der Waals surface area contributed by atoms with Crippen LogP contribution in [0.1, 0.15) is 34.7 Å². The molecule has 3 aromatic rings. The van der Waals surface area contributed by atoms with Crippen molar-refractivity contribution in [3.63, 3.8) is 0 Å². The topological polar surface area (TPSA) is 75.4 Å². The summed E-state index contributed by atoms with van der Waals surface area (Å²) < 4.78 is 1.94. The van der Waals surface area contributed by atoms with Gasteiger partial charge in [-0.15, -0.1) is 0 Å². The molecule has 1 fully saturated rings. The summed E-state index contributed by atoms with van der Waals surface area (Å²) in [6.07, 6.45) is 5.97. The van der Waals surface area contributed by atoms with E-state index in [1.165, 1.54) is 0 Å². The highest BCUT2D eigenvalue weighted by Gasteiger charge is 2.46. The highest BCUT2D eigenvalue weighted by molar-refractivity contribution is 6.46. The summed E-state index contributed by atoms with van der Waals surface area (Å²) in [5.41, 5.74) is 3.59. The number of aliphatic hydroxyl groups excluding tert-OH is 1. The van der Waals surface area contributed by atoms with Crippen LogP contribution in [0.5, 0.6) is 0 Å². The number of benzene rings is 2. The van der Waals surface area contributed by atoms with Crippen molar-refractivity contribution in [2.45, 2.75) is 32.9 Å². The third kappa shape index (κ3) is 4.01. The maximum absolute atomic E-state index is 13.1. The van der Waals surface area contributed by atoms with Gasteiger partial charge in [-0.05, 0) is 31.4 Å². The minimum absolute atomic E-state index is 0.138. The predicted molar refractivity (Wildman–Crippen MR) is 118 cm³/mol. The fraction of sp³-hybridized carbons (Fsp3) is 0.240. The van der Waals surface area contributed by atoms with E-state index in [9.17, 15) is 14.7 Å². The second-order valence-corrected chi connectivity index (χ2v) is 7.87. The number of aromatic nitrogens is 2. The zero-order valence-electron chi connectivity index (χ0n) is 17.7. The molecule has 0 bridgehead atoms. The van der Waals surface area contributed by atoms with Gasteiger partial charge in [-0.25, -0.2) is 4.98 Å². The number of hydrogen-bond acceptors (Lipinski definition) is 4. The average molecular weight is 415 g/mol. The lowest BCUT2D eigenvalue weighted by atomic mass is 9.91. The molecule has 1 unspecified atom stereocenters. The van der Waals surface area contributed by atoms with Crippen LogP contribution in [0.4, 0.5) is 0 Å². The van der Waals surface area contributed by atoms with Gasteiger partial charge in [0.1, 0.15) is 5.76 Å². The number of aryl methyl sites for hydroxylation is 3. The molecule has 31 heavy (non-hydrogen) atoms. The lowest BCUT2D eigenvalue weighted by Crippen LogP contribution is -2.31. The lowest BCUT2D eigenvalue weighted by molar-refractivity contribution is -0.139. The second kappa shape index (κ2) is 8.60. The van der Waals surface area contributed by atoms with Crippen LogP contribution in [-0.2, 0) is 16.1 Å². The van der Waals surface area contributed by atoms with E-state index in [1.54, 1.807) is 41.7 Å². The van der Waals surface area contributed by atoms with Gasteiger partial charge in [-0.2, -0.15) is 0 Å². The lowest BCUT2D eigenvalue weighted by Gasteiger charge is -2.27. The number of amides is 1. The Morgan fingerprint density at radius 2 is 1.84 bits per heavy atom. The number of Topliss-reactive ketones (excluding diaryl/α,β-unsaturated/α-hetero) is 1. The molecule has 158 valence electrons. The molecule has 6 heteroatoms. The third-order valence-corrected chi connectivity index (χ3v) is 5.68. The molecular formula is C25H25N3O3. The van der Waals surface area contributed by atoms with Crippen molar-refractivity contribution < 1.29 is 14.7 Å². The molecule has 0 aliphatic carbocycles. The molecular weight excluding hydrogens is 390 g/mol. The van der Waals surface area contributed by atoms with Crippen LogP contribution in [0.25, 0.3) is 5.76 Å². The van der Waals surface area contributed by atoms with Gasteiger partial charge in [0.25, 0.3) is 11.7 Å². The molecule has 2 aromatic carbocycles. The summed E-state index contributed by atoms with van der Waals surface area (Å²) >= 11 is 0. The predicted octanol–water partition coefficient (Wildman–Crippen LogP) is 4.01. The Bertz CT molecular complexity index is 1130. The Morgan fingerprint density at radius 1 is 1.06 bits per heavy atom. The first-order valence-electron chi connectivity index (χ1n) is 10.3. The Morgan fingerprint density at radius 3 is 2.52 bits per heavy atom. The fourth-order valence-corrected chi connectivity index (χ4v) is 4.16. The van der Waals surface area contributed by atoms with Gasteiger partial charge >= 0.3 is 0 Å². The number of likely N-dealkylation sites (tertiary alicyclic amines) is 1. The molecule has 0 saturated carbocycles. The third-order valence-electron chi connectivity index (χ3n) is 5.68. The molecule has 4 rings (SSSR count). The van der Waals surface area contributed by atoms with Crippen LogP contribution in [0.15, 0.2) is 72.8 Å². The van der Waals surface area contributed by atoms with Crippen molar-refractivity contribution >= 4 is 17.4 Å². The summed E-state index contributed by atoms with van der Waals surface area (Å²) in [6.45, 7) is 5.05. The van der Waals surface area contributed by atoms with Gasteiger partial charge < -0.3 is 14.6 Å². The monoisotopic (exact) mass is 415 g/mol. The molecule has 1 aromatic heterocycles. The molecule has 0 spiro atoms. The van der Waals surface area contributed by atoms with Crippen LogP contribution < -0.4 is 0 Å². The number of carbonyl (C=O) groups is 2. The van der Waals surface area contributed by atoms with Crippen LogP contribution in [0.3, 0.4) is 0 Å². The van der Waals surface area contributed by atoms with Gasteiger partial charge in [0.05, 0.1) is 17.9 Å². The van der Waals surface area contributed by atoms with Crippen molar-refractivity contribution in [2.24, 2.45) is 0 Å². The Kier molecular flexibility index (Phi) is 5.71. The normalized spacial score (nSPS) is 18.0. The molecule has 2 heterocycles. The number of hydrogen-bond donors (Lipinski definition) is 1. The zero-order valence-corrected chi connectivity index (χ0v) is 17.7. The second-order valence-electron chi connectivity index (χ2n) is 7.87. The first-order chi connectivity index (χ1) is 15.0. The van der Waals surface area contributed by atoms with Crippen molar-refractivity contribution in [2.75, 3.05) is 6.54 Å². The first kappa shape index (κ1) is 20.6. The summed E-state index contributed by atoms with van der Waals surface area (Å²) in [4.78, 5) is 31.7. The number of aliphatic hydroxyl groups is 1. The quantitative estimate of drug-likeness (QED) is 0.375. The minimum Gasteiger partial charge on any atom is -0.507 e. The van der Waals surface area contributed by atoms with Gasteiger partial charge in [-0.3, -0.25) is 9.59 Å². The summed E-state index contributed by atoms with van der Waals surface area (Å²) in [5, 5.41) is 11.0. The van der Waals surface area contributed by atoms with Gasteiger partial charge in [0, 0.05) is 31.0 Å². The van der Waals surface area contributed by atoms with Gasteiger partial charge in [0.15, 0.2) is 0 Å². The fourth-order valence-electron chi connectivity index (χ4n) is 4.16. The maximum Gasteiger partial charge on any atom is 0.295 e. The first-order valence-corrected chi connectivity index (χ1v) is 10.3. The number of rotatable bonds is 6. The van der Waals surface area contributed by atoms with E-state index in [1.807, 2.05) is 48.9 Å². The van der Waals surface area contributed by atoms with Crippen molar-refractivity contribution in [3.8, 4) is 0 Å². The molecule has 1 aliphatic rings. The summed E-state index contributed by atoms with van der Waals surface area (Å²) in [7, 11) is 0. The average Bonchev–Trinajstić information content (AvgIpc) is 3.36. The Hall–Kier alpha value is -3.67.